The zero-order chi connectivity index (χ0) is 16.5. The highest BCUT2D eigenvalue weighted by Crippen LogP contribution is 2.21. The molecule has 0 aromatic rings. The Balaban J connectivity index is 2.33. The third-order valence-electron chi connectivity index (χ3n) is 3.39. The van der Waals surface area contributed by atoms with Crippen molar-refractivity contribution in [1.29, 1.82) is 0 Å². The monoisotopic (exact) mass is 312 g/mol. The largest absolute Gasteiger partial charge is 0.462 e. The molecule has 0 aromatic carbocycles. The molecule has 22 heavy (non-hydrogen) atoms. The number of nitrogens with two attached hydrogens (primary N) is 2. The molecule has 0 unspecified atom stereocenters. The van der Waals surface area contributed by atoms with Crippen molar-refractivity contribution in [1.82, 2.24) is 5.01 Å². The molecule has 124 valence electrons. The number of nitrogens with zero attached hydrogens (tertiary/aromatic N) is 2. The van der Waals surface area contributed by atoms with Gasteiger partial charge in [-0.05, 0) is 25.7 Å². The molecule has 1 saturated carbocycles. The first-order chi connectivity index (χ1) is 10.4. The fourth-order valence-corrected chi connectivity index (χ4v) is 2.12. The van der Waals surface area contributed by atoms with Crippen molar-refractivity contribution in [2.24, 2.45) is 16.8 Å². The van der Waals surface area contributed by atoms with E-state index in [1.807, 2.05) is 0 Å². The maximum atomic E-state index is 11.8. The van der Waals surface area contributed by atoms with Gasteiger partial charge >= 0.3 is 11.9 Å². The first kappa shape index (κ1) is 18.0. The third-order valence-corrected chi connectivity index (χ3v) is 3.39. The fourth-order valence-electron chi connectivity index (χ4n) is 2.12. The van der Waals surface area contributed by atoms with Crippen LogP contribution in [0.2, 0.25) is 0 Å². The quantitative estimate of drug-likeness (QED) is 0.182. The Kier molecular flexibility index (Phi) is 7.38. The van der Waals surface area contributed by atoms with E-state index in [0.717, 1.165) is 30.7 Å². The molecule has 1 aliphatic carbocycles. The van der Waals surface area contributed by atoms with Crippen molar-refractivity contribution < 1.29 is 19.1 Å². The van der Waals surface area contributed by atoms with Crippen LogP contribution < -0.4 is 11.7 Å². The lowest BCUT2D eigenvalue weighted by Crippen LogP contribution is -2.37. The Bertz CT molecular complexity index is 442. The molecule has 0 aromatic heterocycles. The maximum absolute atomic E-state index is 11.8. The van der Waals surface area contributed by atoms with Crippen LogP contribution in [0.5, 0.6) is 0 Å². The van der Waals surface area contributed by atoms with Gasteiger partial charge in [0.05, 0.1) is 6.42 Å². The molecule has 0 radical (unpaired) electrons. The van der Waals surface area contributed by atoms with Crippen molar-refractivity contribution in [2.75, 3.05) is 13.7 Å². The summed E-state index contributed by atoms with van der Waals surface area (Å²) < 4.78 is 10.2. The van der Waals surface area contributed by atoms with Gasteiger partial charge in [-0.2, -0.15) is 5.10 Å². The van der Waals surface area contributed by atoms with E-state index in [4.69, 9.17) is 21.2 Å². The van der Waals surface area contributed by atoms with E-state index in [1.54, 1.807) is 0 Å². The normalized spacial score (nSPS) is 16.0. The minimum atomic E-state index is -0.705. The third kappa shape index (κ3) is 6.13. The maximum Gasteiger partial charge on any atom is 0.334 e. The van der Waals surface area contributed by atoms with Crippen molar-refractivity contribution >= 4 is 17.8 Å². The van der Waals surface area contributed by atoms with Crippen LogP contribution in [-0.2, 0) is 19.1 Å². The second kappa shape index (κ2) is 9.04. The highest BCUT2D eigenvalue weighted by molar-refractivity contribution is 5.94. The number of hydrogen-bond donors (Lipinski definition) is 2. The highest BCUT2D eigenvalue weighted by Gasteiger charge is 2.20. The average Bonchev–Trinajstić information content (AvgIpc) is 2.48. The summed E-state index contributed by atoms with van der Waals surface area (Å²) in [6.07, 6.45) is 4.82. The van der Waals surface area contributed by atoms with Gasteiger partial charge in [-0.3, -0.25) is 9.80 Å². The molecule has 4 N–H and O–H groups in total. The summed E-state index contributed by atoms with van der Waals surface area (Å²) in [6.45, 7) is 3.35. The predicted octanol–water partition coefficient (Wildman–Crippen LogP) is 0.430. The van der Waals surface area contributed by atoms with Gasteiger partial charge in [0.15, 0.2) is 12.4 Å². The van der Waals surface area contributed by atoms with E-state index < -0.39 is 11.9 Å². The number of ether oxygens (including phenoxy) is 2. The number of likely N-dealkylation sites (N-methyl/N-ethyl adjacent to an activating group) is 1. The summed E-state index contributed by atoms with van der Waals surface area (Å²) in [5.74, 6) is 9.55. The minimum Gasteiger partial charge on any atom is -0.462 e. The number of amidine groups is 1. The molecule has 8 nitrogen and oxygen atoms in total. The van der Waals surface area contributed by atoms with Gasteiger partial charge in [-0.1, -0.05) is 13.0 Å². The standard InChI is InChI=1S/C14H24N4O4/c1-10(14(20)21-9-12(17-15)18(2)16)8-13(19)22-11-6-4-3-5-7-11/h11H,1,3-9,15-16H2,2H3/b17-12-. The molecule has 0 heterocycles. The number of hydrazone groups is 1. The number of hydrazine groups is 1. The van der Waals surface area contributed by atoms with Crippen LogP contribution in [-0.4, -0.2) is 42.5 Å². The highest BCUT2D eigenvalue weighted by atomic mass is 16.5. The molecule has 0 aliphatic heterocycles. The van der Waals surface area contributed by atoms with Gasteiger partial charge in [0.25, 0.3) is 0 Å². The van der Waals surface area contributed by atoms with Crippen LogP contribution in [0.15, 0.2) is 17.3 Å². The summed E-state index contributed by atoms with van der Waals surface area (Å²) in [5, 5.41) is 4.51. The Morgan fingerprint density at radius 3 is 2.50 bits per heavy atom. The molecule has 0 saturated heterocycles. The van der Waals surface area contributed by atoms with Gasteiger partial charge in [-0.25, -0.2) is 10.6 Å². The van der Waals surface area contributed by atoms with Gasteiger partial charge in [-0.15, -0.1) is 0 Å². The molecule has 1 aliphatic rings. The van der Waals surface area contributed by atoms with Gasteiger partial charge in [0, 0.05) is 12.6 Å². The van der Waals surface area contributed by atoms with Crippen molar-refractivity contribution in [3.63, 3.8) is 0 Å². The van der Waals surface area contributed by atoms with Gasteiger partial charge < -0.3 is 15.3 Å². The molecular formula is C14H24N4O4. The number of carbonyl (C=O) groups is 2. The van der Waals surface area contributed by atoms with Crippen LogP contribution in [0.3, 0.4) is 0 Å². The molecule has 1 fully saturated rings. The van der Waals surface area contributed by atoms with Crippen molar-refractivity contribution in [3.05, 3.63) is 12.2 Å². The van der Waals surface area contributed by atoms with Gasteiger partial charge in [0.1, 0.15) is 6.10 Å². The van der Waals surface area contributed by atoms with E-state index in [9.17, 15) is 9.59 Å². The smallest absolute Gasteiger partial charge is 0.334 e. The molecule has 0 spiro atoms. The zero-order valence-corrected chi connectivity index (χ0v) is 12.9. The summed E-state index contributed by atoms with van der Waals surface area (Å²) >= 11 is 0. The molecule has 0 atom stereocenters. The summed E-state index contributed by atoms with van der Waals surface area (Å²) in [6, 6.07) is 0. The van der Waals surface area contributed by atoms with Crippen LogP contribution in [0.25, 0.3) is 0 Å². The van der Waals surface area contributed by atoms with Gasteiger partial charge in [0.2, 0.25) is 0 Å². The Morgan fingerprint density at radius 1 is 1.32 bits per heavy atom. The summed E-state index contributed by atoms with van der Waals surface area (Å²) in [4.78, 5) is 23.5. The van der Waals surface area contributed by atoms with E-state index in [1.165, 1.54) is 13.5 Å². The van der Waals surface area contributed by atoms with Crippen molar-refractivity contribution in [3.8, 4) is 0 Å². The first-order valence-corrected chi connectivity index (χ1v) is 7.23. The van der Waals surface area contributed by atoms with Crippen LogP contribution in [0.4, 0.5) is 0 Å². The predicted molar refractivity (Wildman–Crippen MR) is 81.3 cm³/mol. The van der Waals surface area contributed by atoms with E-state index in [0.29, 0.717) is 0 Å². The van der Waals surface area contributed by atoms with Crippen LogP contribution in [0.1, 0.15) is 38.5 Å². The Hall–Kier alpha value is -2.09. The van der Waals surface area contributed by atoms with Crippen LogP contribution in [0, 0.1) is 0 Å². The van der Waals surface area contributed by atoms with E-state index in [2.05, 4.69) is 11.7 Å². The first-order valence-electron chi connectivity index (χ1n) is 7.23. The lowest BCUT2D eigenvalue weighted by atomic mass is 9.98. The second-order valence-electron chi connectivity index (χ2n) is 5.26. The van der Waals surface area contributed by atoms with Crippen LogP contribution >= 0.6 is 0 Å². The molecule has 0 amide bonds. The Labute approximate surface area is 130 Å². The number of hydrogen-bond acceptors (Lipinski definition) is 7. The molecule has 8 heteroatoms. The molecule has 0 bridgehead atoms. The number of rotatable bonds is 6. The molecule has 1 rings (SSSR count). The van der Waals surface area contributed by atoms with Crippen molar-refractivity contribution in [2.45, 2.75) is 44.6 Å². The minimum absolute atomic E-state index is 0.0249. The topological polar surface area (TPSA) is 120 Å². The molecular weight excluding hydrogens is 288 g/mol. The van der Waals surface area contributed by atoms with E-state index >= 15 is 0 Å². The number of esters is 2. The lowest BCUT2D eigenvalue weighted by molar-refractivity contribution is -0.151. The average molecular weight is 312 g/mol. The Morgan fingerprint density at radius 2 is 1.95 bits per heavy atom. The summed E-state index contributed by atoms with van der Waals surface area (Å²) in [5.41, 5.74) is 0.0249. The fraction of sp³-hybridized carbons (Fsp3) is 0.643. The SMILES string of the molecule is C=C(CC(=O)OC1CCCCC1)C(=O)OC/C(=N/N)N(C)N. The van der Waals surface area contributed by atoms with E-state index in [-0.39, 0.29) is 30.5 Å². The lowest BCUT2D eigenvalue weighted by Gasteiger charge is -2.21. The number of carbonyl (C=O) groups excluding carboxylic acids is 2. The zero-order valence-electron chi connectivity index (χ0n) is 12.9. The summed E-state index contributed by atoms with van der Waals surface area (Å²) in [7, 11) is 1.51. The second-order valence-corrected chi connectivity index (χ2v) is 5.26.